The summed E-state index contributed by atoms with van der Waals surface area (Å²) in [6.07, 6.45) is 0.302. The van der Waals surface area contributed by atoms with Crippen molar-refractivity contribution in [3.63, 3.8) is 0 Å². The molecule has 1 N–H and O–H groups in total. The van der Waals surface area contributed by atoms with E-state index in [0.717, 1.165) is 12.0 Å². The monoisotopic (exact) mass is 178 g/mol. The highest BCUT2D eigenvalue weighted by molar-refractivity contribution is 6.18. The molecule has 0 aromatic carbocycles. The summed E-state index contributed by atoms with van der Waals surface area (Å²) >= 11 is 5.35. The summed E-state index contributed by atoms with van der Waals surface area (Å²) in [6.45, 7) is 6.60. The molecular weight excluding hydrogens is 164 g/mol. The second-order valence-electron chi connectivity index (χ2n) is 2.59. The van der Waals surface area contributed by atoms with Gasteiger partial charge in [-0.15, -0.1) is 18.2 Å². The van der Waals surface area contributed by atoms with E-state index < -0.39 is 6.10 Å². The van der Waals surface area contributed by atoms with Crippen molar-refractivity contribution in [3.8, 4) is 0 Å². The molecule has 0 rings (SSSR count). The van der Waals surface area contributed by atoms with Gasteiger partial charge < -0.3 is 9.84 Å². The van der Waals surface area contributed by atoms with E-state index >= 15 is 0 Å². The Hall–Kier alpha value is -0.0500. The molecule has 0 aliphatic heterocycles. The lowest BCUT2D eigenvalue weighted by Crippen LogP contribution is -2.17. The van der Waals surface area contributed by atoms with E-state index in [1.165, 1.54) is 0 Å². The topological polar surface area (TPSA) is 29.5 Å². The van der Waals surface area contributed by atoms with Crippen molar-refractivity contribution < 1.29 is 9.84 Å². The summed E-state index contributed by atoms with van der Waals surface area (Å²) in [7, 11) is 0. The first-order valence-corrected chi connectivity index (χ1v) is 4.16. The first kappa shape index (κ1) is 11.0. The Morgan fingerprint density at radius 2 is 2.36 bits per heavy atom. The maximum atomic E-state index is 8.94. The van der Waals surface area contributed by atoms with E-state index in [1.54, 1.807) is 0 Å². The third-order valence-electron chi connectivity index (χ3n) is 1.16. The largest absolute Gasteiger partial charge is 0.389 e. The van der Waals surface area contributed by atoms with Crippen LogP contribution in [-0.2, 0) is 4.74 Å². The minimum atomic E-state index is -0.540. The number of halogens is 1. The van der Waals surface area contributed by atoms with Gasteiger partial charge in [0, 0.05) is 0 Å². The molecule has 0 radical (unpaired) electrons. The van der Waals surface area contributed by atoms with Crippen LogP contribution in [-0.4, -0.2) is 30.3 Å². The first-order chi connectivity index (χ1) is 5.16. The van der Waals surface area contributed by atoms with Crippen LogP contribution in [0.15, 0.2) is 12.2 Å². The van der Waals surface area contributed by atoms with Crippen LogP contribution in [0.25, 0.3) is 0 Å². The van der Waals surface area contributed by atoms with Crippen LogP contribution in [0.5, 0.6) is 0 Å². The second-order valence-corrected chi connectivity index (χ2v) is 2.90. The van der Waals surface area contributed by atoms with Crippen LogP contribution in [0, 0.1) is 0 Å². The highest BCUT2D eigenvalue weighted by Gasteiger charge is 2.00. The van der Waals surface area contributed by atoms with Gasteiger partial charge in [-0.05, 0) is 13.3 Å². The average molecular weight is 179 g/mol. The van der Waals surface area contributed by atoms with Gasteiger partial charge in [0.05, 0.1) is 25.2 Å². The highest BCUT2D eigenvalue weighted by Crippen LogP contribution is 1.96. The molecule has 1 unspecified atom stereocenters. The van der Waals surface area contributed by atoms with Crippen molar-refractivity contribution in [1.29, 1.82) is 0 Å². The summed E-state index contributed by atoms with van der Waals surface area (Å²) in [4.78, 5) is 0. The number of hydrogen-bond acceptors (Lipinski definition) is 2. The van der Waals surface area contributed by atoms with Crippen LogP contribution in [0.4, 0.5) is 0 Å². The number of hydrogen-bond donors (Lipinski definition) is 1. The van der Waals surface area contributed by atoms with E-state index in [2.05, 4.69) is 6.58 Å². The number of ether oxygens (including phenoxy) is 1. The zero-order valence-corrected chi connectivity index (χ0v) is 7.60. The molecule has 0 heterocycles. The van der Waals surface area contributed by atoms with Gasteiger partial charge >= 0.3 is 0 Å². The smallest absolute Gasteiger partial charge is 0.0908 e. The summed E-state index contributed by atoms with van der Waals surface area (Å²) in [5.74, 6) is 0.229. The van der Waals surface area contributed by atoms with Crippen LogP contribution in [0.3, 0.4) is 0 Å². The van der Waals surface area contributed by atoms with Crippen molar-refractivity contribution in [2.24, 2.45) is 0 Å². The molecule has 0 aliphatic carbocycles. The third kappa shape index (κ3) is 7.85. The lowest BCUT2D eigenvalue weighted by atomic mass is 10.3. The average Bonchev–Trinajstić information content (AvgIpc) is 1.97. The molecule has 0 fully saturated rings. The number of aliphatic hydroxyl groups excluding tert-OH is 1. The van der Waals surface area contributed by atoms with Crippen LogP contribution < -0.4 is 0 Å². The van der Waals surface area contributed by atoms with Gasteiger partial charge in [0.25, 0.3) is 0 Å². The van der Waals surface area contributed by atoms with Crippen molar-refractivity contribution in [1.82, 2.24) is 0 Å². The van der Waals surface area contributed by atoms with E-state index in [1.807, 2.05) is 6.92 Å². The first-order valence-electron chi connectivity index (χ1n) is 3.63. The Kier molecular flexibility index (Phi) is 6.62. The van der Waals surface area contributed by atoms with Gasteiger partial charge in [-0.25, -0.2) is 0 Å². The van der Waals surface area contributed by atoms with Crippen LogP contribution in [0.1, 0.15) is 13.3 Å². The van der Waals surface area contributed by atoms with Crippen molar-refractivity contribution in [2.75, 3.05) is 19.1 Å². The Morgan fingerprint density at radius 3 is 2.82 bits per heavy atom. The van der Waals surface area contributed by atoms with Gasteiger partial charge in [0.1, 0.15) is 0 Å². The maximum Gasteiger partial charge on any atom is 0.0908 e. The standard InChI is InChI=1S/C8H15ClO2/c1-7(2)3-4-11-6-8(10)5-9/h8,10H,1,3-6H2,2H3. The predicted octanol–water partition coefficient (Wildman–Crippen LogP) is 1.57. The molecule has 3 heteroatoms. The maximum absolute atomic E-state index is 8.94. The van der Waals surface area contributed by atoms with Crippen molar-refractivity contribution in [2.45, 2.75) is 19.4 Å². The summed E-state index contributed by atoms with van der Waals surface area (Å²) in [5.41, 5.74) is 1.09. The normalized spacial score (nSPS) is 13.0. The second kappa shape index (κ2) is 6.65. The minimum Gasteiger partial charge on any atom is -0.389 e. The van der Waals surface area contributed by atoms with Gasteiger partial charge in [-0.1, -0.05) is 5.57 Å². The van der Waals surface area contributed by atoms with E-state index in [-0.39, 0.29) is 5.88 Å². The summed E-state index contributed by atoms with van der Waals surface area (Å²) in [5, 5.41) is 8.94. The molecule has 0 bridgehead atoms. The van der Waals surface area contributed by atoms with Crippen LogP contribution >= 0.6 is 11.6 Å². The molecule has 2 nitrogen and oxygen atoms in total. The molecule has 0 saturated heterocycles. The van der Waals surface area contributed by atoms with Gasteiger partial charge in [-0.2, -0.15) is 0 Å². The Labute approximate surface area is 72.8 Å². The molecule has 0 amide bonds. The highest BCUT2D eigenvalue weighted by atomic mass is 35.5. The molecule has 0 spiro atoms. The molecule has 66 valence electrons. The zero-order chi connectivity index (χ0) is 8.69. The Bertz CT molecular complexity index is 115. The third-order valence-corrected chi connectivity index (χ3v) is 1.52. The number of aliphatic hydroxyl groups is 1. The fourth-order valence-electron chi connectivity index (χ4n) is 0.510. The lowest BCUT2D eigenvalue weighted by Gasteiger charge is -2.07. The quantitative estimate of drug-likeness (QED) is 0.380. The van der Waals surface area contributed by atoms with Gasteiger partial charge in [0.2, 0.25) is 0 Å². The molecule has 0 aromatic rings. The van der Waals surface area contributed by atoms with E-state index in [4.69, 9.17) is 21.4 Å². The molecule has 0 aliphatic rings. The van der Waals surface area contributed by atoms with E-state index in [9.17, 15) is 0 Å². The summed E-state index contributed by atoms with van der Waals surface area (Å²) in [6, 6.07) is 0. The fraction of sp³-hybridized carbons (Fsp3) is 0.750. The zero-order valence-electron chi connectivity index (χ0n) is 6.85. The van der Waals surface area contributed by atoms with Gasteiger partial charge in [0.15, 0.2) is 0 Å². The predicted molar refractivity (Wildman–Crippen MR) is 47.0 cm³/mol. The molecular formula is C8H15ClO2. The minimum absolute atomic E-state index is 0.229. The molecule has 0 aromatic heterocycles. The van der Waals surface area contributed by atoms with E-state index in [0.29, 0.717) is 13.2 Å². The molecule has 0 saturated carbocycles. The van der Waals surface area contributed by atoms with Crippen molar-refractivity contribution >= 4 is 11.6 Å². The Morgan fingerprint density at radius 1 is 1.73 bits per heavy atom. The summed E-state index contributed by atoms with van der Waals surface area (Å²) < 4.78 is 5.10. The van der Waals surface area contributed by atoms with Gasteiger partial charge in [-0.3, -0.25) is 0 Å². The lowest BCUT2D eigenvalue weighted by molar-refractivity contribution is 0.0494. The molecule has 11 heavy (non-hydrogen) atoms. The SMILES string of the molecule is C=C(C)CCOCC(O)CCl. The molecule has 1 atom stereocenters. The van der Waals surface area contributed by atoms with Crippen molar-refractivity contribution in [3.05, 3.63) is 12.2 Å². The Balaban J connectivity index is 3.08. The van der Waals surface area contributed by atoms with Crippen LogP contribution in [0.2, 0.25) is 0 Å². The number of rotatable bonds is 6. The number of alkyl halides is 1. The fourth-order valence-corrected chi connectivity index (χ4v) is 0.599.